The highest BCUT2D eigenvalue weighted by Gasteiger charge is 2.34. The van der Waals surface area contributed by atoms with E-state index in [0.29, 0.717) is 22.0 Å². The number of benzene rings is 3. The van der Waals surface area contributed by atoms with Gasteiger partial charge < -0.3 is 21.1 Å². The van der Waals surface area contributed by atoms with E-state index in [1.165, 1.54) is 0 Å². The van der Waals surface area contributed by atoms with Crippen LogP contribution in [0.2, 0.25) is 0 Å². The van der Waals surface area contributed by atoms with E-state index >= 15 is 0 Å². The number of hydrogen-bond donors (Lipinski definition) is 4. The first kappa shape index (κ1) is 42.0. The van der Waals surface area contributed by atoms with E-state index in [0.717, 1.165) is 18.7 Å². The molecule has 284 valence electrons. The highest BCUT2D eigenvalue weighted by atomic mass is 32.2. The van der Waals surface area contributed by atoms with E-state index in [9.17, 15) is 41.1 Å². The molecule has 4 atom stereocenters. The van der Waals surface area contributed by atoms with E-state index in [2.05, 4.69) is 16.0 Å². The maximum atomic E-state index is 14.0. The third-order valence-corrected chi connectivity index (χ3v) is 10.3. The van der Waals surface area contributed by atoms with E-state index < -0.39 is 69.0 Å². The Hall–Kier alpha value is -4.43. The van der Waals surface area contributed by atoms with Gasteiger partial charge in [0, 0.05) is 25.1 Å². The molecule has 0 aromatic heterocycles. The first-order valence-electron chi connectivity index (χ1n) is 17.1. The van der Waals surface area contributed by atoms with Crippen molar-refractivity contribution in [2.45, 2.75) is 84.1 Å². The average molecular weight is 747 g/mol. The van der Waals surface area contributed by atoms with Crippen LogP contribution in [-0.4, -0.2) is 56.5 Å². The summed E-state index contributed by atoms with van der Waals surface area (Å²) in [7, 11) is -3.03. The third-order valence-electron chi connectivity index (χ3n) is 8.59. The maximum absolute atomic E-state index is 14.0. The quantitative estimate of drug-likeness (QED) is 0.140. The monoisotopic (exact) mass is 746 g/mol. The summed E-state index contributed by atoms with van der Waals surface area (Å²) in [4.78, 5) is 39.8. The normalized spacial score (nSPS) is 14.3. The number of alkyl halides is 3. The SMILES string of the molecule is CC(C)CC(NC(=O)c1cc(N(C)S(=O)(=O)Cc2ccccc2)cc(C(F)(F)F)c1)C(O)CC(C)C(=O)N[C@H](C(=O)NCc1ccccc1)C(C)C. The standard InChI is InChI=1S/C38H49F3N4O6S/c1-24(2)17-32(33(46)18-26(5)35(47)44-34(25(3)4)37(49)42-22-27-13-9-7-10-14-27)43-36(48)29-19-30(38(39,40)41)21-31(20-29)45(6)52(50,51)23-28-15-11-8-12-16-28/h7-16,19-21,24-26,32-34,46H,17-18,22-23H2,1-6H3,(H,42,49)(H,43,48)(H,44,47)/t26?,32?,33?,34-/m0/s1. The second-order valence-corrected chi connectivity index (χ2v) is 15.8. The Labute approximate surface area is 304 Å². The van der Waals surface area contributed by atoms with Gasteiger partial charge in [0.1, 0.15) is 6.04 Å². The van der Waals surface area contributed by atoms with Gasteiger partial charge in [0.05, 0.1) is 29.1 Å². The minimum Gasteiger partial charge on any atom is -0.391 e. The summed E-state index contributed by atoms with van der Waals surface area (Å²) < 4.78 is 69.1. The van der Waals surface area contributed by atoms with Crippen LogP contribution in [0.1, 0.15) is 74.5 Å². The first-order chi connectivity index (χ1) is 24.3. The molecule has 3 rings (SSSR count). The molecule has 0 heterocycles. The van der Waals surface area contributed by atoms with Gasteiger partial charge in [0.15, 0.2) is 0 Å². The lowest BCUT2D eigenvalue weighted by molar-refractivity contribution is -0.137. The van der Waals surface area contributed by atoms with Crippen LogP contribution in [0.3, 0.4) is 0 Å². The number of anilines is 1. The van der Waals surface area contributed by atoms with E-state index in [-0.39, 0.29) is 42.8 Å². The summed E-state index contributed by atoms with van der Waals surface area (Å²) in [6.45, 7) is 9.08. The zero-order chi connectivity index (χ0) is 38.8. The Balaban J connectivity index is 1.77. The van der Waals surface area contributed by atoms with E-state index in [4.69, 9.17) is 0 Å². The highest BCUT2D eigenvalue weighted by Crippen LogP contribution is 2.34. The molecule has 52 heavy (non-hydrogen) atoms. The van der Waals surface area contributed by atoms with Gasteiger partial charge in [0.2, 0.25) is 21.8 Å². The second-order valence-electron chi connectivity index (χ2n) is 13.8. The zero-order valence-corrected chi connectivity index (χ0v) is 31.1. The Morgan fingerprint density at radius 1 is 0.808 bits per heavy atom. The largest absolute Gasteiger partial charge is 0.416 e. The highest BCUT2D eigenvalue weighted by molar-refractivity contribution is 7.92. The van der Waals surface area contributed by atoms with E-state index in [1.54, 1.807) is 51.1 Å². The van der Waals surface area contributed by atoms with Crippen molar-refractivity contribution in [1.82, 2.24) is 16.0 Å². The van der Waals surface area contributed by atoms with Crippen molar-refractivity contribution in [3.63, 3.8) is 0 Å². The van der Waals surface area contributed by atoms with Gasteiger partial charge in [-0.3, -0.25) is 18.7 Å². The fourth-order valence-corrected chi connectivity index (χ4v) is 6.79. The van der Waals surface area contributed by atoms with Crippen molar-refractivity contribution in [1.29, 1.82) is 0 Å². The minimum atomic E-state index is -4.90. The lowest BCUT2D eigenvalue weighted by atomic mass is 9.91. The molecular weight excluding hydrogens is 698 g/mol. The number of hydrogen-bond acceptors (Lipinski definition) is 6. The van der Waals surface area contributed by atoms with Crippen LogP contribution in [-0.2, 0) is 38.1 Å². The van der Waals surface area contributed by atoms with Gasteiger partial charge in [-0.25, -0.2) is 8.42 Å². The Morgan fingerprint density at radius 2 is 1.38 bits per heavy atom. The van der Waals surface area contributed by atoms with Crippen molar-refractivity contribution in [3.8, 4) is 0 Å². The van der Waals surface area contributed by atoms with Crippen LogP contribution >= 0.6 is 0 Å². The molecule has 4 N–H and O–H groups in total. The summed E-state index contributed by atoms with van der Waals surface area (Å²) in [5.41, 5.74) is -0.732. The minimum absolute atomic E-state index is 0.0750. The molecule has 0 spiro atoms. The number of nitrogens with one attached hydrogen (secondary N) is 3. The number of aliphatic hydroxyl groups is 1. The van der Waals surface area contributed by atoms with Crippen molar-refractivity contribution in [2.24, 2.45) is 17.8 Å². The molecule has 3 aromatic rings. The molecule has 0 fully saturated rings. The number of carbonyl (C=O) groups is 3. The summed E-state index contributed by atoms with van der Waals surface area (Å²) in [6, 6.07) is 17.9. The zero-order valence-electron chi connectivity index (χ0n) is 30.3. The number of carbonyl (C=O) groups excluding carboxylic acids is 3. The molecule has 0 bridgehead atoms. The van der Waals surface area contributed by atoms with Gasteiger partial charge in [-0.15, -0.1) is 0 Å². The summed E-state index contributed by atoms with van der Waals surface area (Å²) in [6.07, 6.45) is -6.11. The van der Waals surface area contributed by atoms with Gasteiger partial charge in [-0.05, 0) is 54.0 Å². The fourth-order valence-electron chi connectivity index (χ4n) is 5.56. The number of halogens is 3. The van der Waals surface area contributed by atoms with Gasteiger partial charge in [0.25, 0.3) is 5.91 Å². The van der Waals surface area contributed by atoms with Crippen LogP contribution in [0, 0.1) is 17.8 Å². The molecule has 3 unspecified atom stereocenters. The van der Waals surface area contributed by atoms with Crippen molar-refractivity contribution >= 4 is 33.4 Å². The number of rotatable bonds is 17. The lowest BCUT2D eigenvalue weighted by Crippen LogP contribution is -2.51. The Bertz CT molecular complexity index is 1760. The number of amides is 3. The molecule has 3 amide bonds. The van der Waals surface area contributed by atoms with Crippen molar-refractivity contribution < 1.29 is 41.1 Å². The average Bonchev–Trinajstić information content (AvgIpc) is 3.08. The predicted octanol–water partition coefficient (Wildman–Crippen LogP) is 5.66. The summed E-state index contributed by atoms with van der Waals surface area (Å²) in [5, 5.41) is 19.5. The van der Waals surface area contributed by atoms with Gasteiger partial charge in [-0.2, -0.15) is 13.2 Å². The molecule has 0 saturated carbocycles. The maximum Gasteiger partial charge on any atom is 0.416 e. The molecule has 0 saturated heterocycles. The van der Waals surface area contributed by atoms with Crippen LogP contribution in [0.25, 0.3) is 0 Å². The smallest absolute Gasteiger partial charge is 0.391 e. The molecule has 0 aliphatic carbocycles. The van der Waals surface area contributed by atoms with Gasteiger partial charge >= 0.3 is 6.18 Å². The van der Waals surface area contributed by atoms with Crippen molar-refractivity contribution in [3.05, 3.63) is 101 Å². The number of sulfonamides is 1. The van der Waals surface area contributed by atoms with E-state index in [1.807, 2.05) is 44.2 Å². The first-order valence-corrected chi connectivity index (χ1v) is 18.7. The fraction of sp³-hybridized carbons (Fsp3) is 0.447. The van der Waals surface area contributed by atoms with Crippen LogP contribution in [0.5, 0.6) is 0 Å². The van der Waals surface area contributed by atoms with Gasteiger partial charge in [-0.1, -0.05) is 95.3 Å². The molecule has 14 heteroatoms. The predicted molar refractivity (Wildman–Crippen MR) is 194 cm³/mol. The molecule has 0 aliphatic rings. The third kappa shape index (κ3) is 12.4. The summed E-state index contributed by atoms with van der Waals surface area (Å²) in [5.74, 6) is -3.45. The second kappa shape index (κ2) is 18.4. The Morgan fingerprint density at radius 3 is 1.92 bits per heavy atom. The molecular formula is C38H49F3N4O6S. The lowest BCUT2D eigenvalue weighted by Gasteiger charge is -2.29. The molecule has 0 radical (unpaired) electrons. The number of aliphatic hydroxyl groups excluding tert-OH is 1. The summed E-state index contributed by atoms with van der Waals surface area (Å²) >= 11 is 0. The van der Waals surface area contributed by atoms with Crippen LogP contribution < -0.4 is 20.3 Å². The van der Waals surface area contributed by atoms with Crippen molar-refractivity contribution in [2.75, 3.05) is 11.4 Å². The molecule has 0 aliphatic heterocycles. The van der Waals surface area contributed by atoms with Crippen LogP contribution in [0.15, 0.2) is 78.9 Å². The Kier molecular flexibility index (Phi) is 14.8. The topological polar surface area (TPSA) is 145 Å². The molecule has 10 nitrogen and oxygen atoms in total. The number of nitrogens with zero attached hydrogens (tertiary/aromatic N) is 1. The van der Waals surface area contributed by atoms with Crippen LogP contribution in [0.4, 0.5) is 18.9 Å². The molecule has 3 aromatic carbocycles.